The molecule has 8 nitrogen and oxygen atoms in total. The number of aromatic nitrogens is 2. The Morgan fingerprint density at radius 3 is 2.89 bits per heavy atom. The Bertz CT molecular complexity index is 959. The first-order valence-electron chi connectivity index (χ1n) is 8.38. The number of carbonyl (C=O) groups excluding carboxylic acids is 2. The van der Waals surface area contributed by atoms with Crippen molar-refractivity contribution in [1.82, 2.24) is 14.5 Å². The molecule has 2 aliphatic heterocycles. The van der Waals surface area contributed by atoms with Crippen LogP contribution < -0.4 is 4.74 Å². The zero-order chi connectivity index (χ0) is 19.7. The zero-order valence-corrected chi connectivity index (χ0v) is 16.4. The van der Waals surface area contributed by atoms with Gasteiger partial charge >= 0.3 is 5.97 Å². The van der Waals surface area contributed by atoms with Gasteiger partial charge < -0.3 is 14.2 Å². The molecular weight excluding hydrogens is 402 g/mol. The summed E-state index contributed by atoms with van der Waals surface area (Å²) in [5.74, 6) is -0.547. The molecule has 2 unspecified atom stereocenters. The molecule has 0 bridgehead atoms. The summed E-state index contributed by atoms with van der Waals surface area (Å²) in [5.41, 5.74) is 1.59. The van der Waals surface area contributed by atoms with Crippen molar-refractivity contribution in [2.75, 3.05) is 7.11 Å². The zero-order valence-electron chi connectivity index (χ0n) is 14.7. The molecule has 1 amide bonds. The van der Waals surface area contributed by atoms with Crippen LogP contribution in [-0.4, -0.2) is 51.1 Å². The second-order valence-corrected chi connectivity index (χ2v) is 7.03. The normalized spacial score (nSPS) is 22.0. The lowest BCUT2D eigenvalue weighted by Crippen LogP contribution is -2.55. The summed E-state index contributed by atoms with van der Waals surface area (Å²) in [5, 5.41) is 5.82. The molecule has 0 saturated carbocycles. The molecule has 0 aliphatic carbocycles. The molecular formula is C18H15N3O5S2. The quantitative estimate of drug-likeness (QED) is 0.305. The van der Waals surface area contributed by atoms with Crippen LogP contribution in [0.2, 0.25) is 0 Å². The second-order valence-electron chi connectivity index (χ2n) is 6.08. The van der Waals surface area contributed by atoms with Crippen molar-refractivity contribution in [3.8, 4) is 5.06 Å². The first-order chi connectivity index (χ1) is 13.6. The number of rotatable bonds is 6. The summed E-state index contributed by atoms with van der Waals surface area (Å²) in [7, 11) is 1.49. The largest absolute Gasteiger partial charge is 0.485 e. The number of benzene rings is 1. The summed E-state index contributed by atoms with van der Waals surface area (Å²) in [6, 6.07) is 8.26. The molecule has 4 rings (SSSR count). The maximum absolute atomic E-state index is 12.9. The van der Waals surface area contributed by atoms with Gasteiger partial charge in [-0.25, -0.2) is 4.79 Å². The Labute approximate surface area is 169 Å². The fourth-order valence-corrected chi connectivity index (χ4v) is 3.83. The van der Waals surface area contributed by atoms with Crippen LogP contribution in [-0.2, 0) is 25.7 Å². The molecule has 1 aromatic heterocycles. The molecule has 2 fully saturated rings. The predicted molar refractivity (Wildman–Crippen MR) is 103 cm³/mol. The van der Waals surface area contributed by atoms with E-state index in [0.717, 1.165) is 17.1 Å². The maximum Gasteiger partial charge on any atom is 0.337 e. The maximum atomic E-state index is 12.9. The average Bonchev–Trinajstić information content (AvgIpc) is 3.30. The Morgan fingerprint density at radius 2 is 2.21 bits per heavy atom. The van der Waals surface area contributed by atoms with Gasteiger partial charge in [-0.1, -0.05) is 47.0 Å². The molecule has 2 saturated heterocycles. The molecule has 10 heteroatoms. The van der Waals surface area contributed by atoms with Crippen LogP contribution >= 0.6 is 23.8 Å². The first-order valence-corrected chi connectivity index (χ1v) is 9.63. The fraction of sp³-hybridized carbons (Fsp3) is 0.278. The van der Waals surface area contributed by atoms with Gasteiger partial charge in [-0.2, -0.15) is 0 Å². The molecule has 0 N–H and O–H groups in total. The number of hydrogen-bond donors (Lipinski definition) is 0. The van der Waals surface area contributed by atoms with Gasteiger partial charge in [0, 0.05) is 16.9 Å². The number of hydrogen-bond acceptors (Lipinski definition) is 9. The highest BCUT2D eigenvalue weighted by Crippen LogP contribution is 2.41. The summed E-state index contributed by atoms with van der Waals surface area (Å²) in [4.78, 5) is 26.3. The standard InChI is InChI=1S/C18H15N3O5S2/c1-24-18-14(19-20-28-18)11(9-27)16-15(21-12(22)7-13(21)26-16)17(23)25-8-10-5-3-2-4-6-10/h2-6,9,13,15H,7-8H2,1H3. The number of amides is 1. The van der Waals surface area contributed by atoms with Crippen LogP contribution in [0.15, 0.2) is 36.1 Å². The van der Waals surface area contributed by atoms with Gasteiger partial charge in [0.25, 0.3) is 0 Å². The van der Waals surface area contributed by atoms with Gasteiger partial charge in [0.15, 0.2) is 18.0 Å². The lowest BCUT2D eigenvalue weighted by molar-refractivity contribution is -0.166. The van der Waals surface area contributed by atoms with Crippen LogP contribution in [0, 0.1) is 0 Å². The molecule has 0 radical (unpaired) electrons. The van der Waals surface area contributed by atoms with Crippen molar-refractivity contribution in [3.63, 3.8) is 0 Å². The number of methoxy groups -OCH3 is 1. The van der Waals surface area contributed by atoms with Crippen molar-refractivity contribution in [2.45, 2.75) is 25.3 Å². The van der Waals surface area contributed by atoms with E-state index in [1.807, 2.05) is 30.3 Å². The predicted octanol–water partition coefficient (Wildman–Crippen LogP) is 1.96. The van der Waals surface area contributed by atoms with Crippen LogP contribution in [0.4, 0.5) is 0 Å². The summed E-state index contributed by atoms with van der Waals surface area (Å²) in [6.07, 6.45) is -0.317. The monoisotopic (exact) mass is 417 g/mol. The Morgan fingerprint density at radius 1 is 1.43 bits per heavy atom. The van der Waals surface area contributed by atoms with Crippen molar-refractivity contribution >= 4 is 46.6 Å². The Balaban J connectivity index is 1.66. The van der Waals surface area contributed by atoms with Gasteiger partial charge in [-0.05, 0) is 5.56 Å². The molecule has 1 aromatic carbocycles. The van der Waals surface area contributed by atoms with Crippen LogP contribution in [0.3, 0.4) is 0 Å². The van der Waals surface area contributed by atoms with Crippen LogP contribution in [0.5, 0.6) is 5.06 Å². The van der Waals surface area contributed by atoms with Gasteiger partial charge in [-0.3, -0.25) is 9.69 Å². The van der Waals surface area contributed by atoms with Crippen LogP contribution in [0.25, 0.3) is 5.57 Å². The van der Waals surface area contributed by atoms with E-state index in [9.17, 15) is 9.59 Å². The molecule has 144 valence electrons. The third kappa shape index (κ3) is 3.14. The van der Waals surface area contributed by atoms with E-state index >= 15 is 0 Å². The van der Waals surface area contributed by atoms with Crippen molar-refractivity contribution in [3.05, 3.63) is 47.3 Å². The number of allylic oxidation sites excluding steroid dienone is 1. The lowest BCUT2D eigenvalue weighted by Gasteiger charge is -2.33. The molecule has 2 aliphatic rings. The topological polar surface area (TPSA) is 90.9 Å². The van der Waals surface area contributed by atoms with Gasteiger partial charge in [-0.15, -0.1) is 5.10 Å². The second kappa shape index (κ2) is 7.64. The molecule has 2 atom stereocenters. The Kier molecular flexibility index (Phi) is 5.05. The number of esters is 1. The molecule has 28 heavy (non-hydrogen) atoms. The summed E-state index contributed by atoms with van der Waals surface area (Å²) >= 11 is 6.19. The smallest absolute Gasteiger partial charge is 0.337 e. The lowest BCUT2D eigenvalue weighted by atomic mass is 10.1. The molecule has 0 spiro atoms. The van der Waals surface area contributed by atoms with Crippen molar-refractivity contribution in [1.29, 1.82) is 0 Å². The number of nitrogens with zero attached hydrogens (tertiary/aromatic N) is 3. The minimum atomic E-state index is -1.02. The van der Waals surface area contributed by atoms with E-state index in [1.165, 1.54) is 17.4 Å². The van der Waals surface area contributed by atoms with E-state index in [2.05, 4.69) is 9.59 Å². The average molecular weight is 417 g/mol. The van der Waals surface area contributed by atoms with E-state index < -0.39 is 18.2 Å². The third-order valence-corrected chi connectivity index (χ3v) is 5.39. The Hall–Kier alpha value is -2.85. The van der Waals surface area contributed by atoms with E-state index in [1.54, 1.807) is 0 Å². The van der Waals surface area contributed by atoms with Crippen molar-refractivity contribution < 1.29 is 23.8 Å². The van der Waals surface area contributed by atoms with Crippen LogP contribution in [0.1, 0.15) is 17.7 Å². The van der Waals surface area contributed by atoms with E-state index in [4.69, 9.17) is 26.4 Å². The minimum Gasteiger partial charge on any atom is -0.485 e. The number of ether oxygens (including phenoxy) is 3. The third-order valence-electron chi connectivity index (χ3n) is 4.47. The number of carbonyl (C=O) groups is 2. The number of thiocarbonyl (C=S) groups is 1. The fourth-order valence-electron chi connectivity index (χ4n) is 3.10. The molecule has 2 aromatic rings. The highest BCUT2D eigenvalue weighted by Gasteiger charge is 2.55. The summed E-state index contributed by atoms with van der Waals surface area (Å²) in [6.45, 7) is 0.0879. The van der Waals surface area contributed by atoms with Gasteiger partial charge in [0.2, 0.25) is 11.0 Å². The van der Waals surface area contributed by atoms with Gasteiger partial charge in [0.05, 0.1) is 19.1 Å². The highest BCUT2D eigenvalue weighted by atomic mass is 32.1. The first kappa shape index (κ1) is 18.5. The number of fused-ring (bicyclic) bond motifs is 1. The number of β-lactam (4-membered cyclic amide) rings is 1. The SMILES string of the molecule is COc1snnc1C(C=S)=C1OC2CC(=O)N2C1C(=O)OCc1ccccc1. The molecule has 3 heterocycles. The minimum absolute atomic E-state index is 0.0879. The summed E-state index contributed by atoms with van der Waals surface area (Å²) < 4.78 is 20.4. The van der Waals surface area contributed by atoms with Crippen molar-refractivity contribution in [2.24, 2.45) is 0 Å². The van der Waals surface area contributed by atoms with E-state index in [0.29, 0.717) is 16.3 Å². The van der Waals surface area contributed by atoms with Gasteiger partial charge in [0.1, 0.15) is 12.4 Å². The highest BCUT2D eigenvalue weighted by molar-refractivity contribution is 7.79. The van der Waals surface area contributed by atoms with E-state index in [-0.39, 0.29) is 24.7 Å².